The van der Waals surface area contributed by atoms with E-state index in [4.69, 9.17) is 10.5 Å². The molecule has 22 heavy (non-hydrogen) atoms. The van der Waals surface area contributed by atoms with Crippen LogP contribution in [0, 0.1) is 13.8 Å². The van der Waals surface area contributed by atoms with Crippen LogP contribution in [0.1, 0.15) is 24.0 Å². The van der Waals surface area contributed by atoms with E-state index in [2.05, 4.69) is 5.32 Å². The standard InChI is InChI=1S/C18H22N2O2/c1-13-6-3-7-15(12-13)22-11-5-10-18(21)20-17-9-4-8-16(19)14(17)2/h3-4,6-9,12H,5,10-11,19H2,1-2H3,(H,20,21). The number of ether oxygens (including phenoxy) is 1. The number of nitrogens with one attached hydrogen (secondary N) is 1. The normalized spacial score (nSPS) is 10.3. The zero-order chi connectivity index (χ0) is 15.9. The van der Waals surface area contributed by atoms with Crippen LogP contribution in [0.4, 0.5) is 11.4 Å². The summed E-state index contributed by atoms with van der Waals surface area (Å²) in [7, 11) is 0. The molecule has 116 valence electrons. The minimum atomic E-state index is -0.0263. The van der Waals surface area contributed by atoms with Crippen molar-refractivity contribution < 1.29 is 9.53 Å². The maximum Gasteiger partial charge on any atom is 0.224 e. The number of nitrogen functional groups attached to an aromatic ring is 1. The van der Waals surface area contributed by atoms with Crippen molar-refractivity contribution in [2.75, 3.05) is 17.7 Å². The van der Waals surface area contributed by atoms with E-state index in [0.717, 1.165) is 22.6 Å². The molecule has 0 saturated heterocycles. The quantitative estimate of drug-likeness (QED) is 0.631. The molecule has 0 atom stereocenters. The molecule has 0 aliphatic heterocycles. The summed E-state index contributed by atoms with van der Waals surface area (Å²) in [5.74, 6) is 0.814. The molecule has 2 aromatic rings. The number of carbonyl (C=O) groups is 1. The average molecular weight is 298 g/mol. The second kappa shape index (κ2) is 7.50. The van der Waals surface area contributed by atoms with Crippen LogP contribution in [0.25, 0.3) is 0 Å². The molecule has 3 N–H and O–H groups in total. The minimum absolute atomic E-state index is 0.0263. The Morgan fingerprint density at radius 2 is 1.95 bits per heavy atom. The van der Waals surface area contributed by atoms with Crippen molar-refractivity contribution in [1.29, 1.82) is 0 Å². The fourth-order valence-electron chi connectivity index (χ4n) is 2.13. The van der Waals surface area contributed by atoms with Gasteiger partial charge in [-0.1, -0.05) is 18.2 Å². The van der Waals surface area contributed by atoms with Crippen molar-refractivity contribution in [1.82, 2.24) is 0 Å². The van der Waals surface area contributed by atoms with Gasteiger partial charge in [0.05, 0.1) is 6.61 Å². The number of carbonyl (C=O) groups excluding carboxylic acids is 1. The van der Waals surface area contributed by atoms with E-state index in [1.54, 1.807) is 0 Å². The minimum Gasteiger partial charge on any atom is -0.494 e. The van der Waals surface area contributed by atoms with Crippen LogP contribution in [-0.4, -0.2) is 12.5 Å². The van der Waals surface area contributed by atoms with E-state index in [0.29, 0.717) is 25.1 Å². The highest BCUT2D eigenvalue weighted by Crippen LogP contribution is 2.20. The van der Waals surface area contributed by atoms with Gasteiger partial charge >= 0.3 is 0 Å². The Morgan fingerprint density at radius 1 is 1.18 bits per heavy atom. The van der Waals surface area contributed by atoms with Crippen LogP contribution >= 0.6 is 0 Å². The van der Waals surface area contributed by atoms with Gasteiger partial charge in [-0.15, -0.1) is 0 Å². The van der Waals surface area contributed by atoms with Crippen molar-refractivity contribution in [3.63, 3.8) is 0 Å². The number of benzene rings is 2. The molecular formula is C18H22N2O2. The van der Waals surface area contributed by atoms with Gasteiger partial charge in [-0.2, -0.15) is 0 Å². The molecule has 4 nitrogen and oxygen atoms in total. The molecule has 0 unspecified atom stereocenters. The van der Waals surface area contributed by atoms with Crippen LogP contribution < -0.4 is 15.8 Å². The predicted octanol–water partition coefficient (Wildman–Crippen LogP) is 3.68. The van der Waals surface area contributed by atoms with Crippen LogP contribution in [0.3, 0.4) is 0 Å². The Hall–Kier alpha value is -2.49. The molecule has 0 heterocycles. The Bertz CT molecular complexity index is 653. The predicted molar refractivity (Wildman–Crippen MR) is 90.1 cm³/mol. The Labute approximate surface area is 131 Å². The lowest BCUT2D eigenvalue weighted by Gasteiger charge is -2.10. The molecule has 2 rings (SSSR count). The molecular weight excluding hydrogens is 276 g/mol. The van der Waals surface area contributed by atoms with Gasteiger partial charge in [-0.25, -0.2) is 0 Å². The summed E-state index contributed by atoms with van der Waals surface area (Å²) in [6.07, 6.45) is 1.08. The Kier molecular flexibility index (Phi) is 5.42. The zero-order valence-corrected chi connectivity index (χ0v) is 13.1. The second-order valence-corrected chi connectivity index (χ2v) is 5.34. The number of aryl methyl sites for hydroxylation is 1. The average Bonchev–Trinajstić information content (AvgIpc) is 2.49. The van der Waals surface area contributed by atoms with Gasteiger partial charge in [-0.3, -0.25) is 4.79 Å². The monoisotopic (exact) mass is 298 g/mol. The van der Waals surface area contributed by atoms with Gasteiger partial charge in [0.15, 0.2) is 0 Å². The molecule has 0 aliphatic rings. The summed E-state index contributed by atoms with van der Waals surface area (Å²) in [6, 6.07) is 13.4. The summed E-state index contributed by atoms with van der Waals surface area (Å²) < 4.78 is 5.63. The molecule has 0 saturated carbocycles. The van der Waals surface area contributed by atoms with Gasteiger partial charge in [0.2, 0.25) is 5.91 Å². The third kappa shape index (κ3) is 4.52. The second-order valence-electron chi connectivity index (χ2n) is 5.34. The summed E-state index contributed by atoms with van der Waals surface area (Å²) in [5, 5.41) is 2.88. The number of hydrogen-bond donors (Lipinski definition) is 2. The van der Waals surface area contributed by atoms with Gasteiger partial charge in [-0.05, 0) is 55.7 Å². The molecule has 0 spiro atoms. The Morgan fingerprint density at radius 3 is 2.73 bits per heavy atom. The number of amides is 1. The lowest BCUT2D eigenvalue weighted by atomic mass is 10.1. The largest absolute Gasteiger partial charge is 0.494 e. The fourth-order valence-corrected chi connectivity index (χ4v) is 2.13. The Balaban J connectivity index is 1.75. The highest BCUT2D eigenvalue weighted by molar-refractivity contribution is 5.92. The van der Waals surface area contributed by atoms with Crippen molar-refractivity contribution in [3.8, 4) is 5.75 Å². The van der Waals surface area contributed by atoms with Crippen molar-refractivity contribution in [3.05, 3.63) is 53.6 Å². The molecule has 0 bridgehead atoms. The molecule has 2 aromatic carbocycles. The molecule has 4 heteroatoms. The van der Waals surface area contributed by atoms with Crippen LogP contribution in [0.2, 0.25) is 0 Å². The van der Waals surface area contributed by atoms with Crippen LogP contribution in [0.15, 0.2) is 42.5 Å². The third-order valence-corrected chi connectivity index (χ3v) is 3.46. The fraction of sp³-hybridized carbons (Fsp3) is 0.278. The van der Waals surface area contributed by atoms with Crippen molar-refractivity contribution >= 4 is 17.3 Å². The van der Waals surface area contributed by atoms with E-state index in [-0.39, 0.29) is 5.91 Å². The number of nitrogens with two attached hydrogens (primary N) is 1. The molecule has 1 amide bonds. The van der Waals surface area contributed by atoms with E-state index in [1.807, 2.05) is 56.3 Å². The first-order valence-corrected chi connectivity index (χ1v) is 7.40. The lowest BCUT2D eigenvalue weighted by Crippen LogP contribution is -2.14. The van der Waals surface area contributed by atoms with E-state index in [1.165, 1.54) is 0 Å². The first-order chi connectivity index (χ1) is 10.6. The van der Waals surface area contributed by atoms with Crippen molar-refractivity contribution in [2.24, 2.45) is 0 Å². The maximum absolute atomic E-state index is 11.9. The summed E-state index contributed by atoms with van der Waals surface area (Å²) in [4.78, 5) is 11.9. The maximum atomic E-state index is 11.9. The number of rotatable bonds is 6. The van der Waals surface area contributed by atoms with Gasteiger partial charge in [0.1, 0.15) is 5.75 Å². The van der Waals surface area contributed by atoms with Gasteiger partial charge < -0.3 is 15.8 Å². The summed E-state index contributed by atoms with van der Waals surface area (Å²) >= 11 is 0. The topological polar surface area (TPSA) is 64.3 Å². The number of hydrogen-bond acceptors (Lipinski definition) is 3. The molecule has 0 aromatic heterocycles. The molecule has 0 radical (unpaired) electrons. The molecule has 0 fully saturated rings. The number of anilines is 2. The smallest absolute Gasteiger partial charge is 0.224 e. The van der Waals surface area contributed by atoms with E-state index in [9.17, 15) is 4.79 Å². The van der Waals surface area contributed by atoms with Crippen molar-refractivity contribution in [2.45, 2.75) is 26.7 Å². The van der Waals surface area contributed by atoms with E-state index >= 15 is 0 Å². The van der Waals surface area contributed by atoms with E-state index < -0.39 is 0 Å². The summed E-state index contributed by atoms with van der Waals surface area (Å²) in [6.45, 7) is 4.44. The highest BCUT2D eigenvalue weighted by Gasteiger charge is 2.06. The molecule has 0 aliphatic carbocycles. The first-order valence-electron chi connectivity index (χ1n) is 7.40. The van der Waals surface area contributed by atoms with Crippen LogP contribution in [-0.2, 0) is 4.79 Å². The first kappa shape index (κ1) is 15.9. The third-order valence-electron chi connectivity index (χ3n) is 3.46. The SMILES string of the molecule is Cc1cccc(OCCCC(=O)Nc2cccc(N)c2C)c1. The van der Waals surface area contributed by atoms with Crippen LogP contribution in [0.5, 0.6) is 5.75 Å². The van der Waals surface area contributed by atoms with Gasteiger partial charge in [0, 0.05) is 17.8 Å². The highest BCUT2D eigenvalue weighted by atomic mass is 16.5. The van der Waals surface area contributed by atoms with Gasteiger partial charge in [0.25, 0.3) is 0 Å². The summed E-state index contributed by atoms with van der Waals surface area (Å²) in [5.41, 5.74) is 9.33. The lowest BCUT2D eigenvalue weighted by molar-refractivity contribution is -0.116. The zero-order valence-electron chi connectivity index (χ0n) is 13.1.